The van der Waals surface area contributed by atoms with Crippen molar-refractivity contribution in [1.29, 1.82) is 0 Å². The number of hydrogen-bond donors (Lipinski definition) is 1. The molecule has 0 saturated heterocycles. The lowest BCUT2D eigenvalue weighted by Crippen LogP contribution is -2.42. The molecular formula is C12H20N2O3. The molecule has 0 radical (unpaired) electrons. The number of hydrogen-bond acceptors (Lipinski definition) is 4. The number of nitrogens with two attached hydrogens (primary N) is 1. The highest BCUT2D eigenvalue weighted by Gasteiger charge is 2.18. The third-order valence-electron chi connectivity index (χ3n) is 2.70. The Kier molecular flexibility index (Phi) is 5.18. The number of likely N-dealkylation sites (N-methyl/N-ethyl adjacent to an activating group) is 1. The molecule has 0 spiro atoms. The average Bonchev–Trinajstić information content (AvgIpc) is 2.70. The first-order valence-corrected chi connectivity index (χ1v) is 5.58. The van der Waals surface area contributed by atoms with Gasteiger partial charge in [0.1, 0.15) is 5.76 Å². The Morgan fingerprint density at radius 1 is 1.65 bits per heavy atom. The van der Waals surface area contributed by atoms with Crippen molar-refractivity contribution in [3.05, 3.63) is 23.7 Å². The van der Waals surface area contributed by atoms with Crippen molar-refractivity contribution in [2.75, 3.05) is 20.8 Å². The molecular weight excluding hydrogens is 220 g/mol. The minimum atomic E-state index is -0.507. The van der Waals surface area contributed by atoms with Gasteiger partial charge >= 0.3 is 0 Å². The predicted octanol–water partition coefficient (Wildman–Crippen LogP) is 0.910. The predicted molar refractivity (Wildman–Crippen MR) is 64.4 cm³/mol. The SMILES string of the molecule is COCCC(N)C(=O)N(C)Cc1ccoc1C. The highest BCUT2D eigenvalue weighted by molar-refractivity contribution is 5.81. The molecule has 0 aliphatic rings. The van der Waals surface area contributed by atoms with E-state index in [1.165, 1.54) is 0 Å². The van der Waals surface area contributed by atoms with E-state index in [9.17, 15) is 4.79 Å². The second kappa shape index (κ2) is 6.42. The smallest absolute Gasteiger partial charge is 0.239 e. The average molecular weight is 240 g/mol. The Bertz CT molecular complexity index is 362. The largest absolute Gasteiger partial charge is 0.469 e. The van der Waals surface area contributed by atoms with Crippen molar-refractivity contribution in [3.63, 3.8) is 0 Å². The molecule has 0 saturated carbocycles. The van der Waals surface area contributed by atoms with Crippen LogP contribution in [0.1, 0.15) is 17.7 Å². The van der Waals surface area contributed by atoms with E-state index in [1.54, 1.807) is 25.3 Å². The maximum absolute atomic E-state index is 11.9. The van der Waals surface area contributed by atoms with Crippen LogP contribution >= 0.6 is 0 Å². The molecule has 1 rings (SSSR count). The molecule has 0 aromatic carbocycles. The minimum absolute atomic E-state index is 0.0809. The van der Waals surface area contributed by atoms with E-state index in [-0.39, 0.29) is 5.91 Å². The second-order valence-electron chi connectivity index (χ2n) is 4.08. The van der Waals surface area contributed by atoms with E-state index in [1.807, 2.05) is 13.0 Å². The van der Waals surface area contributed by atoms with Crippen LogP contribution in [-0.2, 0) is 16.1 Å². The van der Waals surface area contributed by atoms with Gasteiger partial charge in [0, 0.05) is 32.9 Å². The first-order chi connectivity index (χ1) is 8.06. The highest BCUT2D eigenvalue weighted by atomic mass is 16.5. The molecule has 1 atom stereocenters. The summed E-state index contributed by atoms with van der Waals surface area (Å²) in [6.45, 7) is 2.88. The van der Waals surface area contributed by atoms with Crippen LogP contribution in [0.15, 0.2) is 16.7 Å². The van der Waals surface area contributed by atoms with Crippen molar-refractivity contribution in [2.45, 2.75) is 25.9 Å². The summed E-state index contributed by atoms with van der Waals surface area (Å²) >= 11 is 0. The van der Waals surface area contributed by atoms with Crippen molar-refractivity contribution in [2.24, 2.45) is 5.73 Å². The quantitative estimate of drug-likeness (QED) is 0.802. The molecule has 1 amide bonds. The summed E-state index contributed by atoms with van der Waals surface area (Å²) in [5, 5.41) is 0. The summed E-state index contributed by atoms with van der Waals surface area (Å²) in [5.41, 5.74) is 6.78. The normalized spacial score (nSPS) is 12.5. The summed E-state index contributed by atoms with van der Waals surface area (Å²) in [5.74, 6) is 0.748. The Morgan fingerprint density at radius 2 is 2.35 bits per heavy atom. The van der Waals surface area contributed by atoms with Crippen LogP contribution in [0.25, 0.3) is 0 Å². The molecule has 1 heterocycles. The fourth-order valence-electron chi connectivity index (χ4n) is 1.56. The van der Waals surface area contributed by atoms with E-state index >= 15 is 0 Å². The summed E-state index contributed by atoms with van der Waals surface area (Å²) in [6.07, 6.45) is 2.15. The summed E-state index contributed by atoms with van der Waals surface area (Å²) < 4.78 is 10.1. The molecule has 1 unspecified atom stereocenters. The zero-order valence-corrected chi connectivity index (χ0v) is 10.6. The van der Waals surface area contributed by atoms with Crippen LogP contribution in [0.5, 0.6) is 0 Å². The van der Waals surface area contributed by atoms with Gasteiger partial charge in [-0.2, -0.15) is 0 Å². The zero-order valence-electron chi connectivity index (χ0n) is 10.6. The molecule has 5 nitrogen and oxygen atoms in total. The molecule has 5 heteroatoms. The highest BCUT2D eigenvalue weighted by Crippen LogP contribution is 2.11. The van der Waals surface area contributed by atoms with Gasteiger partial charge in [-0.15, -0.1) is 0 Å². The summed E-state index contributed by atoms with van der Waals surface area (Å²) in [7, 11) is 3.33. The number of aryl methyl sites for hydroxylation is 1. The number of carbonyl (C=O) groups is 1. The van der Waals surface area contributed by atoms with Gasteiger partial charge in [0.15, 0.2) is 0 Å². The number of amides is 1. The monoisotopic (exact) mass is 240 g/mol. The minimum Gasteiger partial charge on any atom is -0.469 e. The maximum atomic E-state index is 11.9. The van der Waals surface area contributed by atoms with Gasteiger partial charge in [-0.05, 0) is 19.4 Å². The van der Waals surface area contributed by atoms with Gasteiger partial charge < -0.3 is 19.8 Å². The Hall–Kier alpha value is -1.33. The van der Waals surface area contributed by atoms with Crippen LogP contribution in [0.2, 0.25) is 0 Å². The number of nitrogens with zero attached hydrogens (tertiary/aromatic N) is 1. The van der Waals surface area contributed by atoms with Crippen LogP contribution in [0.4, 0.5) is 0 Å². The summed E-state index contributed by atoms with van der Waals surface area (Å²) in [4.78, 5) is 13.5. The topological polar surface area (TPSA) is 68.7 Å². The van der Waals surface area contributed by atoms with Crippen molar-refractivity contribution in [1.82, 2.24) is 4.90 Å². The van der Waals surface area contributed by atoms with Crippen molar-refractivity contribution in [3.8, 4) is 0 Å². The number of carbonyl (C=O) groups excluding carboxylic acids is 1. The van der Waals surface area contributed by atoms with Gasteiger partial charge in [-0.3, -0.25) is 4.79 Å². The van der Waals surface area contributed by atoms with Crippen LogP contribution in [0.3, 0.4) is 0 Å². The van der Waals surface area contributed by atoms with Gasteiger partial charge in [-0.25, -0.2) is 0 Å². The third kappa shape index (κ3) is 3.87. The van der Waals surface area contributed by atoms with Gasteiger partial charge in [0.25, 0.3) is 0 Å². The molecule has 0 aliphatic carbocycles. The Labute approximate surface area is 102 Å². The third-order valence-corrected chi connectivity index (χ3v) is 2.70. The lowest BCUT2D eigenvalue weighted by atomic mass is 10.2. The molecule has 96 valence electrons. The van der Waals surface area contributed by atoms with Crippen LogP contribution in [-0.4, -0.2) is 37.6 Å². The Balaban J connectivity index is 2.49. The van der Waals surface area contributed by atoms with E-state index in [0.29, 0.717) is 19.6 Å². The lowest BCUT2D eigenvalue weighted by molar-refractivity contribution is -0.132. The van der Waals surface area contributed by atoms with Crippen LogP contribution in [0, 0.1) is 6.92 Å². The number of rotatable bonds is 6. The van der Waals surface area contributed by atoms with E-state index in [2.05, 4.69) is 0 Å². The fraction of sp³-hybridized carbons (Fsp3) is 0.583. The zero-order chi connectivity index (χ0) is 12.8. The molecule has 1 aromatic heterocycles. The second-order valence-corrected chi connectivity index (χ2v) is 4.08. The van der Waals surface area contributed by atoms with E-state index in [0.717, 1.165) is 11.3 Å². The van der Waals surface area contributed by atoms with Gasteiger partial charge in [0.2, 0.25) is 5.91 Å². The molecule has 0 fully saturated rings. The first kappa shape index (κ1) is 13.7. The first-order valence-electron chi connectivity index (χ1n) is 5.58. The molecule has 17 heavy (non-hydrogen) atoms. The van der Waals surface area contributed by atoms with Crippen molar-refractivity contribution >= 4 is 5.91 Å². The maximum Gasteiger partial charge on any atom is 0.239 e. The van der Waals surface area contributed by atoms with E-state index in [4.69, 9.17) is 14.9 Å². The number of furan rings is 1. The fourth-order valence-corrected chi connectivity index (χ4v) is 1.56. The molecule has 0 aliphatic heterocycles. The number of methoxy groups -OCH3 is 1. The standard InChI is InChI=1S/C12H20N2O3/c1-9-10(4-7-17-9)8-14(2)12(15)11(13)5-6-16-3/h4,7,11H,5-6,8,13H2,1-3H3. The van der Waals surface area contributed by atoms with Gasteiger partial charge in [-0.1, -0.05) is 0 Å². The molecule has 1 aromatic rings. The number of ether oxygens (including phenoxy) is 1. The Morgan fingerprint density at radius 3 is 2.88 bits per heavy atom. The summed E-state index contributed by atoms with van der Waals surface area (Å²) in [6, 6.07) is 1.35. The molecule has 0 bridgehead atoms. The van der Waals surface area contributed by atoms with Gasteiger partial charge in [0.05, 0.1) is 12.3 Å². The van der Waals surface area contributed by atoms with Crippen LogP contribution < -0.4 is 5.73 Å². The lowest BCUT2D eigenvalue weighted by Gasteiger charge is -2.20. The van der Waals surface area contributed by atoms with E-state index < -0.39 is 6.04 Å². The van der Waals surface area contributed by atoms with Crippen molar-refractivity contribution < 1.29 is 13.9 Å². The molecule has 2 N–H and O–H groups in total.